The second-order valence-electron chi connectivity index (χ2n) is 12.5. The number of fused-ring (bicyclic) bond motifs is 2. The van der Waals surface area contributed by atoms with Crippen LogP contribution in [0.25, 0.3) is 22.3 Å². The highest BCUT2D eigenvalue weighted by molar-refractivity contribution is 5.73. The number of benzene rings is 2. The SMILES string of the molecule is OCC1OC2(CCc3cc(-c4cncc(-c5ccc6c(c5)CCC5(O6)OC(CO)C(O)C(O)C5O)c4)ccc3O2)C(O)C(O)C1O. The molecule has 7 rings (SSSR count). The average Bonchev–Trinajstić information content (AvgIpc) is 3.09. The molecule has 10 atom stereocenters. The third kappa shape index (κ3) is 5.08. The van der Waals surface area contributed by atoms with E-state index >= 15 is 0 Å². The molecular weight excluding hydrogens is 602 g/mol. The molecule has 13 heteroatoms. The van der Waals surface area contributed by atoms with Gasteiger partial charge in [0.2, 0.25) is 11.6 Å². The third-order valence-electron chi connectivity index (χ3n) is 9.65. The Hall–Kier alpha value is -3.21. The van der Waals surface area contributed by atoms with Crippen molar-refractivity contribution in [3.8, 4) is 33.8 Å². The number of hydrogen-bond donors (Lipinski definition) is 8. The minimum Gasteiger partial charge on any atom is -0.459 e. The largest absolute Gasteiger partial charge is 0.459 e. The first-order chi connectivity index (χ1) is 22.1. The molecule has 5 heterocycles. The predicted molar refractivity (Wildman–Crippen MR) is 158 cm³/mol. The molecule has 0 bridgehead atoms. The number of nitrogens with zero attached hydrogens (tertiary/aromatic N) is 1. The molecule has 4 aliphatic heterocycles. The minimum absolute atomic E-state index is 0.198. The molecule has 2 saturated heterocycles. The number of ether oxygens (including phenoxy) is 4. The van der Waals surface area contributed by atoms with Crippen molar-refractivity contribution in [2.24, 2.45) is 0 Å². The fourth-order valence-electron chi connectivity index (χ4n) is 6.95. The summed E-state index contributed by atoms with van der Waals surface area (Å²) >= 11 is 0. The fraction of sp³-hybridized carbons (Fsp3) is 0.485. The van der Waals surface area contributed by atoms with E-state index in [9.17, 15) is 40.9 Å². The molecule has 10 unspecified atom stereocenters. The lowest BCUT2D eigenvalue weighted by atomic mass is 9.86. The number of aryl methyl sites for hydroxylation is 2. The van der Waals surface area contributed by atoms with Crippen molar-refractivity contribution in [2.75, 3.05) is 13.2 Å². The average molecular weight is 640 g/mol. The first-order valence-electron chi connectivity index (χ1n) is 15.3. The zero-order valence-electron chi connectivity index (χ0n) is 24.7. The van der Waals surface area contributed by atoms with Crippen LogP contribution in [0.5, 0.6) is 11.5 Å². The molecule has 2 fully saturated rings. The van der Waals surface area contributed by atoms with Gasteiger partial charge in [-0.25, -0.2) is 0 Å². The predicted octanol–water partition coefficient (Wildman–Crippen LogP) is -0.594. The van der Waals surface area contributed by atoms with Crippen LogP contribution in [0, 0.1) is 0 Å². The summed E-state index contributed by atoms with van der Waals surface area (Å²) in [7, 11) is 0. The smallest absolute Gasteiger partial charge is 0.240 e. The number of rotatable bonds is 4. The highest BCUT2D eigenvalue weighted by Crippen LogP contribution is 2.44. The molecule has 8 N–H and O–H groups in total. The van der Waals surface area contributed by atoms with Gasteiger partial charge in [0.1, 0.15) is 60.3 Å². The maximum absolute atomic E-state index is 10.7. The lowest BCUT2D eigenvalue weighted by molar-refractivity contribution is -0.342. The van der Waals surface area contributed by atoms with Crippen molar-refractivity contribution in [1.82, 2.24) is 4.98 Å². The summed E-state index contributed by atoms with van der Waals surface area (Å²) in [4.78, 5) is 4.47. The van der Waals surface area contributed by atoms with Crippen LogP contribution in [-0.4, -0.2) is 119 Å². The number of aliphatic hydroxyl groups excluding tert-OH is 8. The van der Waals surface area contributed by atoms with Crippen LogP contribution in [0.3, 0.4) is 0 Å². The normalized spacial score (nSPS) is 36.9. The molecule has 2 spiro atoms. The van der Waals surface area contributed by atoms with Gasteiger partial charge in [0.15, 0.2) is 0 Å². The monoisotopic (exact) mass is 639 g/mol. The quantitative estimate of drug-likeness (QED) is 0.180. The van der Waals surface area contributed by atoms with E-state index in [1.807, 2.05) is 30.3 Å². The first kappa shape index (κ1) is 31.4. The number of pyridine rings is 1. The second kappa shape index (κ2) is 11.8. The molecule has 0 amide bonds. The molecule has 46 heavy (non-hydrogen) atoms. The molecule has 246 valence electrons. The van der Waals surface area contributed by atoms with Crippen LogP contribution in [0.1, 0.15) is 24.0 Å². The molecule has 1 aromatic heterocycles. The maximum atomic E-state index is 10.7. The van der Waals surface area contributed by atoms with E-state index in [2.05, 4.69) is 4.98 Å². The Morgan fingerprint density at radius 1 is 0.587 bits per heavy atom. The minimum atomic E-state index is -1.60. The number of hydrogen-bond acceptors (Lipinski definition) is 13. The summed E-state index contributed by atoms with van der Waals surface area (Å²) in [6.07, 6.45) is -6.39. The van der Waals surface area contributed by atoms with Gasteiger partial charge in [-0.05, 0) is 65.4 Å². The van der Waals surface area contributed by atoms with Gasteiger partial charge in [0.25, 0.3) is 0 Å². The van der Waals surface area contributed by atoms with Crippen LogP contribution >= 0.6 is 0 Å². The van der Waals surface area contributed by atoms with Crippen molar-refractivity contribution < 1.29 is 59.8 Å². The van der Waals surface area contributed by atoms with E-state index < -0.39 is 73.6 Å². The van der Waals surface area contributed by atoms with Crippen LogP contribution in [0.15, 0.2) is 54.9 Å². The molecule has 0 aliphatic carbocycles. The lowest BCUT2D eigenvalue weighted by Crippen LogP contribution is -2.68. The highest BCUT2D eigenvalue weighted by atomic mass is 16.7. The molecule has 0 saturated carbocycles. The lowest BCUT2D eigenvalue weighted by Gasteiger charge is -2.49. The summed E-state index contributed by atoms with van der Waals surface area (Å²) in [5.74, 6) is -2.27. The number of aliphatic hydroxyl groups is 8. The van der Waals surface area contributed by atoms with E-state index in [4.69, 9.17) is 18.9 Å². The summed E-state index contributed by atoms with van der Waals surface area (Å²) in [5, 5.41) is 81.7. The Labute approximate surface area is 263 Å². The van der Waals surface area contributed by atoms with Crippen LogP contribution < -0.4 is 9.47 Å². The van der Waals surface area contributed by atoms with E-state index in [0.29, 0.717) is 24.3 Å². The number of aromatic nitrogens is 1. The highest BCUT2D eigenvalue weighted by Gasteiger charge is 2.57. The third-order valence-corrected chi connectivity index (χ3v) is 9.65. The summed E-state index contributed by atoms with van der Waals surface area (Å²) in [6.45, 7) is -1.08. The maximum Gasteiger partial charge on any atom is 0.240 e. The second-order valence-corrected chi connectivity index (χ2v) is 12.5. The van der Waals surface area contributed by atoms with Crippen molar-refractivity contribution in [2.45, 2.75) is 86.1 Å². The zero-order valence-corrected chi connectivity index (χ0v) is 24.7. The molecule has 3 aromatic rings. The van der Waals surface area contributed by atoms with Gasteiger partial charge in [0.05, 0.1) is 13.2 Å². The summed E-state index contributed by atoms with van der Waals surface area (Å²) in [6, 6.07) is 13.1. The molecule has 2 aromatic carbocycles. The van der Waals surface area contributed by atoms with E-state index in [1.165, 1.54) is 0 Å². The Kier molecular flexibility index (Phi) is 8.05. The molecule has 13 nitrogen and oxygen atoms in total. The van der Waals surface area contributed by atoms with Gasteiger partial charge < -0.3 is 59.8 Å². The summed E-state index contributed by atoms with van der Waals surface area (Å²) < 4.78 is 23.8. The van der Waals surface area contributed by atoms with Gasteiger partial charge in [0, 0.05) is 36.4 Å². The summed E-state index contributed by atoms with van der Waals surface area (Å²) in [5.41, 5.74) is 5.18. The Bertz CT molecular complexity index is 1490. The first-order valence-corrected chi connectivity index (χ1v) is 15.3. The van der Waals surface area contributed by atoms with Crippen molar-refractivity contribution in [3.63, 3.8) is 0 Å². The van der Waals surface area contributed by atoms with Crippen molar-refractivity contribution in [1.29, 1.82) is 0 Å². The zero-order chi connectivity index (χ0) is 32.4. The molecule has 4 aliphatic rings. The van der Waals surface area contributed by atoms with E-state index in [-0.39, 0.29) is 12.8 Å². The fourth-order valence-corrected chi connectivity index (χ4v) is 6.95. The van der Waals surface area contributed by atoms with Gasteiger partial charge in [-0.15, -0.1) is 0 Å². The van der Waals surface area contributed by atoms with Crippen LogP contribution in [0.2, 0.25) is 0 Å². The Morgan fingerprint density at radius 3 is 1.43 bits per heavy atom. The van der Waals surface area contributed by atoms with Crippen LogP contribution in [-0.2, 0) is 22.3 Å². The Balaban J connectivity index is 1.11. The van der Waals surface area contributed by atoms with E-state index in [1.54, 1.807) is 24.5 Å². The Morgan fingerprint density at radius 2 is 1.02 bits per heavy atom. The van der Waals surface area contributed by atoms with Gasteiger partial charge in [-0.2, -0.15) is 0 Å². The van der Waals surface area contributed by atoms with Crippen molar-refractivity contribution >= 4 is 0 Å². The van der Waals surface area contributed by atoms with E-state index in [0.717, 1.165) is 33.4 Å². The van der Waals surface area contributed by atoms with Gasteiger partial charge in [-0.1, -0.05) is 12.1 Å². The topological polar surface area (TPSA) is 212 Å². The van der Waals surface area contributed by atoms with Crippen molar-refractivity contribution in [3.05, 3.63) is 66.0 Å². The van der Waals surface area contributed by atoms with Crippen LogP contribution in [0.4, 0.5) is 0 Å². The standard InChI is InChI=1S/C33H37NO12/c35-14-24-26(37)28(39)30(41)32(45-24)7-5-18-9-16(1-3-22(18)43-32)20-11-21(13-34-12-20)17-2-4-23-19(10-17)6-8-33(44-23)31(42)29(40)27(38)25(15-36)46-33/h1-4,9-13,24-31,35-42H,5-8,14-15H2. The van der Waals surface area contributed by atoms with Gasteiger partial charge in [-0.3, -0.25) is 4.98 Å². The van der Waals surface area contributed by atoms with Gasteiger partial charge >= 0.3 is 0 Å². The molecular formula is C33H37NO12. The molecule has 0 radical (unpaired) electrons.